The second-order valence-corrected chi connectivity index (χ2v) is 6.33. The van der Waals surface area contributed by atoms with E-state index in [1.54, 1.807) is 48.5 Å². The van der Waals surface area contributed by atoms with Crippen molar-refractivity contribution in [3.63, 3.8) is 0 Å². The molecule has 2 aromatic rings. The number of amides is 2. The predicted octanol–water partition coefficient (Wildman–Crippen LogP) is 3.25. The maximum absolute atomic E-state index is 12.3. The summed E-state index contributed by atoms with van der Waals surface area (Å²) in [5, 5.41) is 5.70. The smallest absolute Gasteiger partial charge is 0.255 e. The van der Waals surface area contributed by atoms with Crippen LogP contribution in [0.5, 0.6) is 5.75 Å². The molecule has 0 bridgehead atoms. The van der Waals surface area contributed by atoms with Crippen LogP contribution in [0.3, 0.4) is 0 Å². The molecule has 3 rings (SSSR count). The number of benzene rings is 2. The summed E-state index contributed by atoms with van der Waals surface area (Å²) in [6, 6.07) is 13.8. The molecule has 1 aliphatic heterocycles. The van der Waals surface area contributed by atoms with Crippen LogP contribution in [-0.2, 0) is 4.74 Å². The average Bonchev–Trinajstić information content (AvgIpc) is 3.21. The van der Waals surface area contributed by atoms with Gasteiger partial charge in [-0.1, -0.05) is 0 Å². The molecule has 0 saturated carbocycles. The molecule has 0 aliphatic carbocycles. The maximum atomic E-state index is 12.3. The molecule has 2 aromatic carbocycles. The molecule has 2 amide bonds. The molecule has 142 valence electrons. The first-order chi connectivity index (χ1) is 13.2. The lowest BCUT2D eigenvalue weighted by atomic mass is 10.1. The van der Waals surface area contributed by atoms with Gasteiger partial charge in [0.25, 0.3) is 11.8 Å². The summed E-state index contributed by atoms with van der Waals surface area (Å²) >= 11 is 0. The third-order valence-corrected chi connectivity index (χ3v) is 4.35. The molecule has 2 N–H and O–H groups in total. The molecule has 1 aliphatic rings. The molecule has 1 saturated heterocycles. The van der Waals surface area contributed by atoms with E-state index in [2.05, 4.69) is 10.6 Å². The lowest BCUT2D eigenvalue weighted by molar-refractivity contribution is 0.0857. The number of ether oxygens (including phenoxy) is 2. The Hall–Kier alpha value is -2.86. The van der Waals surface area contributed by atoms with Crippen molar-refractivity contribution in [3.8, 4) is 5.75 Å². The Kier molecular flexibility index (Phi) is 6.44. The quantitative estimate of drug-likeness (QED) is 0.787. The first-order valence-corrected chi connectivity index (χ1v) is 9.20. The van der Waals surface area contributed by atoms with Gasteiger partial charge >= 0.3 is 0 Å². The first kappa shape index (κ1) is 18.9. The number of hydrogen-bond donors (Lipinski definition) is 2. The Balaban J connectivity index is 1.53. The number of carbonyl (C=O) groups excluding carboxylic acids is 2. The third-order valence-electron chi connectivity index (χ3n) is 4.35. The van der Waals surface area contributed by atoms with Crippen molar-refractivity contribution >= 4 is 17.5 Å². The minimum absolute atomic E-state index is 0.113. The van der Waals surface area contributed by atoms with Crippen LogP contribution in [0.4, 0.5) is 5.69 Å². The van der Waals surface area contributed by atoms with Crippen molar-refractivity contribution < 1.29 is 19.1 Å². The molecule has 0 radical (unpaired) electrons. The lowest BCUT2D eigenvalue weighted by Crippen LogP contribution is -2.31. The number of hydrogen-bond acceptors (Lipinski definition) is 4. The van der Waals surface area contributed by atoms with Crippen LogP contribution in [0, 0.1) is 0 Å². The molecule has 1 atom stereocenters. The van der Waals surface area contributed by atoms with E-state index in [1.165, 1.54) is 0 Å². The van der Waals surface area contributed by atoms with Crippen molar-refractivity contribution in [1.82, 2.24) is 5.32 Å². The number of anilines is 1. The van der Waals surface area contributed by atoms with Gasteiger partial charge in [0.1, 0.15) is 5.75 Å². The highest BCUT2D eigenvalue weighted by molar-refractivity contribution is 6.04. The summed E-state index contributed by atoms with van der Waals surface area (Å²) in [4.78, 5) is 24.5. The third kappa shape index (κ3) is 5.31. The second-order valence-electron chi connectivity index (χ2n) is 6.33. The Morgan fingerprint density at radius 3 is 2.33 bits per heavy atom. The number of rotatable bonds is 7. The molecule has 6 heteroatoms. The highest BCUT2D eigenvalue weighted by atomic mass is 16.5. The van der Waals surface area contributed by atoms with E-state index >= 15 is 0 Å². The monoisotopic (exact) mass is 368 g/mol. The van der Waals surface area contributed by atoms with Crippen LogP contribution in [0.1, 0.15) is 40.5 Å². The van der Waals surface area contributed by atoms with E-state index in [4.69, 9.17) is 9.47 Å². The SMILES string of the molecule is CCOc1ccc(C(=O)Nc2ccc(C(=O)NC[C@H]3CCCO3)cc2)cc1. The molecular weight excluding hydrogens is 344 g/mol. The van der Waals surface area contributed by atoms with Gasteiger partial charge in [0.15, 0.2) is 0 Å². The second kappa shape index (κ2) is 9.19. The maximum Gasteiger partial charge on any atom is 0.255 e. The van der Waals surface area contributed by atoms with Crippen molar-refractivity contribution in [2.45, 2.75) is 25.9 Å². The average molecular weight is 368 g/mol. The summed E-state index contributed by atoms with van der Waals surface area (Å²) in [7, 11) is 0. The van der Waals surface area contributed by atoms with Gasteiger partial charge in [0, 0.05) is 30.0 Å². The molecule has 27 heavy (non-hydrogen) atoms. The van der Waals surface area contributed by atoms with Crippen LogP contribution in [0.25, 0.3) is 0 Å². The first-order valence-electron chi connectivity index (χ1n) is 9.20. The molecule has 0 unspecified atom stereocenters. The van der Waals surface area contributed by atoms with E-state index in [0.717, 1.165) is 25.2 Å². The summed E-state index contributed by atoms with van der Waals surface area (Å²) in [6.45, 7) is 3.78. The summed E-state index contributed by atoms with van der Waals surface area (Å²) in [5.74, 6) is 0.371. The topological polar surface area (TPSA) is 76.7 Å². The zero-order chi connectivity index (χ0) is 19.1. The fraction of sp³-hybridized carbons (Fsp3) is 0.333. The highest BCUT2D eigenvalue weighted by Crippen LogP contribution is 2.15. The van der Waals surface area contributed by atoms with Gasteiger partial charge in [-0.05, 0) is 68.3 Å². The Morgan fingerprint density at radius 2 is 1.70 bits per heavy atom. The fourth-order valence-electron chi connectivity index (χ4n) is 2.89. The lowest BCUT2D eigenvalue weighted by Gasteiger charge is -2.11. The van der Waals surface area contributed by atoms with Gasteiger partial charge in [0.2, 0.25) is 0 Å². The highest BCUT2D eigenvalue weighted by Gasteiger charge is 2.16. The van der Waals surface area contributed by atoms with Crippen molar-refractivity contribution in [2.75, 3.05) is 25.1 Å². The Bertz CT molecular complexity index is 766. The molecule has 0 spiro atoms. The normalized spacial score (nSPS) is 16.0. The molecular formula is C21H24N2O4. The molecule has 0 aromatic heterocycles. The summed E-state index contributed by atoms with van der Waals surface area (Å²) < 4.78 is 10.9. The Labute approximate surface area is 158 Å². The Morgan fingerprint density at radius 1 is 1.04 bits per heavy atom. The van der Waals surface area contributed by atoms with Crippen LogP contribution >= 0.6 is 0 Å². The van der Waals surface area contributed by atoms with Crippen molar-refractivity contribution in [1.29, 1.82) is 0 Å². The van der Waals surface area contributed by atoms with Crippen LogP contribution in [0.2, 0.25) is 0 Å². The van der Waals surface area contributed by atoms with Gasteiger partial charge < -0.3 is 20.1 Å². The van der Waals surface area contributed by atoms with Gasteiger partial charge in [-0.25, -0.2) is 0 Å². The van der Waals surface area contributed by atoms with Gasteiger partial charge in [-0.15, -0.1) is 0 Å². The minimum atomic E-state index is -0.214. The summed E-state index contributed by atoms with van der Waals surface area (Å²) in [6.07, 6.45) is 2.14. The van der Waals surface area contributed by atoms with Crippen molar-refractivity contribution in [3.05, 3.63) is 59.7 Å². The van der Waals surface area contributed by atoms with E-state index in [9.17, 15) is 9.59 Å². The summed E-state index contributed by atoms with van der Waals surface area (Å²) in [5.41, 5.74) is 1.72. The predicted molar refractivity (Wildman–Crippen MR) is 103 cm³/mol. The van der Waals surface area contributed by atoms with E-state index in [1.807, 2.05) is 6.92 Å². The van der Waals surface area contributed by atoms with Crippen molar-refractivity contribution in [2.24, 2.45) is 0 Å². The fourth-order valence-corrected chi connectivity index (χ4v) is 2.89. The minimum Gasteiger partial charge on any atom is -0.494 e. The van der Waals surface area contributed by atoms with Gasteiger partial charge in [-0.3, -0.25) is 9.59 Å². The zero-order valence-corrected chi connectivity index (χ0v) is 15.4. The van der Waals surface area contributed by atoms with E-state index < -0.39 is 0 Å². The van der Waals surface area contributed by atoms with Crippen LogP contribution in [-0.4, -0.2) is 37.7 Å². The standard InChI is InChI=1S/C21H24N2O4/c1-2-26-18-11-7-16(8-12-18)21(25)23-17-9-5-15(6-10-17)20(24)22-14-19-4-3-13-27-19/h5-12,19H,2-4,13-14H2,1H3,(H,22,24)(H,23,25)/t19-/m1/s1. The largest absolute Gasteiger partial charge is 0.494 e. The van der Waals surface area contributed by atoms with E-state index in [-0.39, 0.29) is 17.9 Å². The molecule has 6 nitrogen and oxygen atoms in total. The van der Waals surface area contributed by atoms with Gasteiger partial charge in [-0.2, -0.15) is 0 Å². The van der Waals surface area contributed by atoms with E-state index in [0.29, 0.717) is 30.0 Å². The molecule has 1 fully saturated rings. The van der Waals surface area contributed by atoms with Crippen LogP contribution < -0.4 is 15.4 Å². The van der Waals surface area contributed by atoms with Gasteiger partial charge in [0.05, 0.1) is 12.7 Å². The number of carbonyl (C=O) groups is 2. The molecule has 1 heterocycles. The zero-order valence-electron chi connectivity index (χ0n) is 15.4. The number of nitrogens with one attached hydrogen (secondary N) is 2. The van der Waals surface area contributed by atoms with Crippen LogP contribution in [0.15, 0.2) is 48.5 Å².